The Morgan fingerprint density at radius 1 is 1.22 bits per heavy atom. The number of hydrogen-bond acceptors (Lipinski definition) is 5. The second kappa shape index (κ2) is 10.0. The molecule has 0 atom stereocenters. The van der Waals surface area contributed by atoms with Gasteiger partial charge in [-0.05, 0) is 0 Å². The topological polar surface area (TPSA) is 84.1 Å². The summed E-state index contributed by atoms with van der Waals surface area (Å²) in [6.45, 7) is 7.45. The Labute approximate surface area is 200 Å². The molecule has 3 aromatic rings. The minimum absolute atomic E-state index is 0.398. The fourth-order valence-electron chi connectivity index (χ4n) is 3.92. The summed E-state index contributed by atoms with van der Waals surface area (Å²) in [4.78, 5) is 23.5. The molecule has 0 aliphatic carbocycles. The number of fused-ring (bicyclic) bond motifs is 1. The molecule has 3 N–H and O–H groups in total. The van der Waals surface area contributed by atoms with Gasteiger partial charge >= 0.3 is 201 Å². The van der Waals surface area contributed by atoms with Crippen LogP contribution in [0.4, 0.5) is 11.5 Å². The number of nitrogens with two attached hydrogens (primary N) is 1. The second-order valence-electron chi connectivity index (χ2n) is 7.85. The van der Waals surface area contributed by atoms with Crippen LogP contribution in [-0.4, -0.2) is 56.2 Å². The third-order valence-corrected chi connectivity index (χ3v) is 8.05. The van der Waals surface area contributed by atoms with E-state index in [-0.39, 0.29) is 0 Å². The molecule has 1 aliphatic rings. The fraction of sp³-hybridized carbons (Fsp3) is 0.292. The first-order valence-corrected chi connectivity index (χ1v) is 12.9. The molecule has 1 aromatic heterocycles. The number of anilines is 2. The number of nitrogens with zero attached hydrogens (tertiary/aromatic N) is 3. The molecule has 6 nitrogen and oxygen atoms in total. The number of likely N-dealkylation sites (N-methyl/N-ethyl adjacent to an activating group) is 1. The zero-order valence-electron chi connectivity index (χ0n) is 18.2. The quantitative estimate of drug-likeness (QED) is 0.498. The van der Waals surface area contributed by atoms with Crippen molar-refractivity contribution in [3.05, 3.63) is 69.9 Å². The molecule has 0 spiro atoms. The minimum atomic E-state index is -0.500. The number of rotatable bonds is 6. The van der Waals surface area contributed by atoms with Gasteiger partial charge in [0.15, 0.2) is 0 Å². The van der Waals surface area contributed by atoms with E-state index >= 15 is 0 Å². The zero-order valence-corrected chi connectivity index (χ0v) is 20.9. The van der Waals surface area contributed by atoms with Crippen LogP contribution in [-0.2, 0) is 12.8 Å². The van der Waals surface area contributed by atoms with Gasteiger partial charge in [0.2, 0.25) is 0 Å². The Morgan fingerprint density at radius 3 is 2.75 bits per heavy atom. The molecule has 1 aliphatic heterocycles. The number of benzene rings is 2. The zero-order chi connectivity index (χ0) is 22.7. The number of para-hydroxylation sites is 1. The number of carbonyl (C=O) groups excluding carboxylic acids is 1. The van der Waals surface area contributed by atoms with E-state index in [4.69, 9.17) is 17.3 Å². The summed E-state index contributed by atoms with van der Waals surface area (Å²) in [6, 6.07) is 12.2. The Kier molecular flexibility index (Phi) is 7.14. The van der Waals surface area contributed by atoms with Crippen molar-refractivity contribution >= 4 is 53.7 Å². The first-order valence-electron chi connectivity index (χ1n) is 10.7. The van der Waals surface area contributed by atoms with Crippen LogP contribution >= 0.6 is 11.6 Å². The second-order valence-corrected chi connectivity index (χ2v) is 10.7. The average Bonchev–Trinajstić information content (AvgIpc) is 2.99. The van der Waals surface area contributed by atoms with Gasteiger partial charge in [-0.15, -0.1) is 0 Å². The molecular weight excluding hydrogens is 485 g/mol. The molecule has 2 heterocycles. The van der Waals surface area contributed by atoms with E-state index in [2.05, 4.69) is 45.3 Å². The molecule has 0 unspecified atom stereocenters. The average molecular weight is 511 g/mol. The van der Waals surface area contributed by atoms with Crippen LogP contribution in [0, 0.1) is 6.92 Å². The molecule has 4 rings (SSSR count). The van der Waals surface area contributed by atoms with Gasteiger partial charge in [-0.3, -0.25) is 0 Å². The van der Waals surface area contributed by atoms with Gasteiger partial charge in [-0.2, -0.15) is 0 Å². The van der Waals surface area contributed by atoms with Crippen LogP contribution in [0.2, 0.25) is 5.02 Å². The van der Waals surface area contributed by atoms with Crippen molar-refractivity contribution in [1.82, 2.24) is 14.9 Å². The van der Waals surface area contributed by atoms with Crippen LogP contribution in [0.3, 0.4) is 0 Å². The van der Waals surface area contributed by atoms with Gasteiger partial charge in [0, 0.05) is 0 Å². The van der Waals surface area contributed by atoms with Crippen LogP contribution in [0.25, 0.3) is 0 Å². The Balaban J connectivity index is 1.57. The summed E-state index contributed by atoms with van der Waals surface area (Å²) >= 11 is 5.98. The number of primary amides is 1. The van der Waals surface area contributed by atoms with Crippen LogP contribution in [0.15, 0.2) is 42.6 Å². The number of amides is 1. The van der Waals surface area contributed by atoms with E-state index in [1.54, 1.807) is 18.3 Å². The number of nitrogens with one attached hydrogen (secondary N) is 1. The van der Waals surface area contributed by atoms with E-state index in [0.29, 0.717) is 22.1 Å². The number of aromatic nitrogens is 2. The summed E-state index contributed by atoms with van der Waals surface area (Å²) in [5, 5.41) is 3.61. The Hall–Kier alpha value is -2.40. The van der Waals surface area contributed by atoms with Crippen molar-refractivity contribution in [3.63, 3.8) is 0 Å². The normalized spacial score (nSPS) is 14.3. The summed E-state index contributed by atoms with van der Waals surface area (Å²) in [5.41, 5.74) is 10.3. The van der Waals surface area contributed by atoms with Gasteiger partial charge in [-0.1, -0.05) is 0 Å². The first-order chi connectivity index (χ1) is 15.4. The number of hydrogen-bond donors (Lipinski definition) is 2. The van der Waals surface area contributed by atoms with Crippen LogP contribution in [0.1, 0.15) is 34.0 Å². The van der Waals surface area contributed by atoms with E-state index in [1.165, 1.54) is 15.5 Å². The molecule has 1 amide bonds. The predicted molar refractivity (Wildman–Crippen MR) is 131 cm³/mol. The predicted octanol–water partition coefficient (Wildman–Crippen LogP) is 2.36. The number of aryl methyl sites for hydroxylation is 1. The molecule has 0 saturated carbocycles. The molecule has 0 bridgehead atoms. The standard InChI is InChI=1S/C24H26AsClN5O/c1-3-31-11-9-16-7-8-18(13-17(16)10-12-31)25-24-28-14-20(26)23(30-24)29-21-15(2)5-4-6-19(21)22(27)32/h4-8,13-14H,3,9-12H2,1-2H3,(H2,27,32)(H,28,29,30). The van der Waals surface area contributed by atoms with Gasteiger partial charge in [-0.25, -0.2) is 0 Å². The molecule has 8 heteroatoms. The van der Waals surface area contributed by atoms with Crippen molar-refractivity contribution in [2.75, 3.05) is 25.0 Å². The summed E-state index contributed by atoms with van der Waals surface area (Å²) in [5.74, 6) is -0.0170. The van der Waals surface area contributed by atoms with Crippen molar-refractivity contribution in [1.29, 1.82) is 0 Å². The van der Waals surface area contributed by atoms with Gasteiger partial charge in [0.25, 0.3) is 0 Å². The SMILES string of the molecule is CCN1CCc2ccc([As]c3ncc(Cl)c(Nc4c(C)cccc4C(N)=O)n3)cc2CC1. The van der Waals surface area contributed by atoms with Gasteiger partial charge < -0.3 is 0 Å². The summed E-state index contributed by atoms with van der Waals surface area (Å²) in [6.07, 6.45) is 3.80. The third kappa shape index (κ3) is 5.15. The van der Waals surface area contributed by atoms with Crippen LogP contribution in [0.5, 0.6) is 0 Å². The van der Waals surface area contributed by atoms with Crippen molar-refractivity contribution in [2.24, 2.45) is 5.73 Å². The van der Waals surface area contributed by atoms with Gasteiger partial charge in [0.1, 0.15) is 0 Å². The van der Waals surface area contributed by atoms with Crippen molar-refractivity contribution in [2.45, 2.75) is 26.7 Å². The molecule has 0 saturated heterocycles. The molecule has 32 heavy (non-hydrogen) atoms. The number of carbonyl (C=O) groups is 1. The summed E-state index contributed by atoms with van der Waals surface area (Å²) < 4.78 is 2.03. The fourth-order valence-corrected chi connectivity index (χ4v) is 5.87. The van der Waals surface area contributed by atoms with Gasteiger partial charge in [0.05, 0.1) is 0 Å². The van der Waals surface area contributed by atoms with Crippen LogP contribution < -0.4 is 20.0 Å². The van der Waals surface area contributed by atoms with Crippen molar-refractivity contribution in [3.8, 4) is 0 Å². The third-order valence-electron chi connectivity index (χ3n) is 5.77. The maximum absolute atomic E-state index is 11.9. The molecule has 165 valence electrons. The summed E-state index contributed by atoms with van der Waals surface area (Å²) in [7, 11) is 0. The molecular formula is C24H26AsClN5O. The number of halogens is 1. The van der Waals surface area contributed by atoms with Crippen molar-refractivity contribution < 1.29 is 4.79 Å². The molecule has 2 aromatic carbocycles. The maximum atomic E-state index is 11.9. The molecule has 1 radical (unpaired) electrons. The van der Waals surface area contributed by atoms with E-state index in [1.807, 2.05) is 13.0 Å². The Bertz CT molecular complexity index is 1150. The van der Waals surface area contributed by atoms with E-state index in [0.717, 1.165) is 42.7 Å². The monoisotopic (exact) mass is 510 g/mol. The van der Waals surface area contributed by atoms with E-state index < -0.39 is 21.7 Å². The molecule has 0 fully saturated rings. The first kappa shape index (κ1) is 22.8. The Morgan fingerprint density at radius 2 is 2.00 bits per heavy atom. The van der Waals surface area contributed by atoms with E-state index in [9.17, 15) is 4.79 Å².